The molecule has 0 radical (unpaired) electrons. The summed E-state index contributed by atoms with van der Waals surface area (Å²) in [5.74, 6) is 0.877. The molecule has 0 aliphatic heterocycles. The van der Waals surface area contributed by atoms with Crippen LogP contribution in [0.5, 0.6) is 5.75 Å². The largest absolute Gasteiger partial charge is 0.497 e. The van der Waals surface area contributed by atoms with Crippen molar-refractivity contribution in [3.05, 3.63) is 50.1 Å². The molecule has 2 N–H and O–H groups in total. The lowest BCUT2D eigenvalue weighted by Crippen LogP contribution is -2.11. The van der Waals surface area contributed by atoms with E-state index in [0.717, 1.165) is 16.6 Å². The first kappa shape index (κ1) is 13.6. The molecule has 2 rings (SSSR count). The van der Waals surface area contributed by atoms with Crippen molar-refractivity contribution in [2.24, 2.45) is 5.73 Å². The van der Waals surface area contributed by atoms with Gasteiger partial charge in [0.25, 0.3) is 0 Å². The third-order valence-electron chi connectivity index (χ3n) is 2.86. The predicted molar refractivity (Wildman–Crippen MR) is 80.4 cm³/mol. The predicted octanol–water partition coefficient (Wildman–Crippen LogP) is 4.07. The van der Waals surface area contributed by atoms with E-state index < -0.39 is 0 Å². The normalized spacial score (nSPS) is 12.4. The van der Waals surface area contributed by atoms with Gasteiger partial charge in [0.15, 0.2) is 0 Å². The Hall–Kier alpha value is -0.840. The van der Waals surface area contributed by atoms with Crippen LogP contribution in [-0.2, 0) is 6.42 Å². The Morgan fingerprint density at radius 3 is 2.50 bits per heavy atom. The first-order chi connectivity index (χ1) is 8.60. The van der Waals surface area contributed by atoms with Crippen LogP contribution in [0.3, 0.4) is 0 Å². The fraction of sp³-hybridized carbons (Fsp3) is 0.286. The number of ether oxygens (including phenoxy) is 1. The highest BCUT2D eigenvalue weighted by molar-refractivity contribution is 9.10. The highest BCUT2D eigenvalue weighted by atomic mass is 79.9. The molecule has 18 heavy (non-hydrogen) atoms. The number of hydrogen-bond acceptors (Lipinski definition) is 3. The minimum absolute atomic E-state index is 0.0494. The minimum Gasteiger partial charge on any atom is -0.497 e. The lowest BCUT2D eigenvalue weighted by atomic mass is 10.1. The molecule has 0 fully saturated rings. The van der Waals surface area contributed by atoms with E-state index in [9.17, 15) is 0 Å². The summed E-state index contributed by atoms with van der Waals surface area (Å²) in [6.45, 7) is 2.10. The van der Waals surface area contributed by atoms with Gasteiger partial charge in [0, 0.05) is 20.3 Å². The Morgan fingerprint density at radius 1 is 1.33 bits per heavy atom. The average molecular weight is 326 g/mol. The molecule has 0 saturated carbocycles. The Morgan fingerprint density at radius 2 is 2.00 bits per heavy atom. The second kappa shape index (κ2) is 5.87. The number of nitrogens with two attached hydrogens (primary N) is 1. The minimum atomic E-state index is 0.0494. The van der Waals surface area contributed by atoms with E-state index in [2.05, 4.69) is 41.1 Å². The summed E-state index contributed by atoms with van der Waals surface area (Å²) < 4.78 is 6.29. The van der Waals surface area contributed by atoms with Crippen molar-refractivity contribution >= 4 is 27.3 Å². The fourth-order valence-electron chi connectivity index (χ4n) is 1.78. The van der Waals surface area contributed by atoms with E-state index in [-0.39, 0.29) is 6.04 Å². The second-order valence-electron chi connectivity index (χ2n) is 4.21. The Labute approximate surface area is 120 Å². The number of benzene rings is 1. The van der Waals surface area contributed by atoms with Crippen molar-refractivity contribution in [1.29, 1.82) is 0 Å². The Bertz CT molecular complexity index is 502. The number of aryl methyl sites for hydroxylation is 1. The molecule has 0 bridgehead atoms. The molecular weight excluding hydrogens is 310 g/mol. The number of thiophene rings is 1. The number of halogens is 1. The highest BCUT2D eigenvalue weighted by Crippen LogP contribution is 2.31. The van der Waals surface area contributed by atoms with Crippen LogP contribution in [0.4, 0.5) is 0 Å². The van der Waals surface area contributed by atoms with E-state index in [1.165, 1.54) is 15.3 Å². The van der Waals surface area contributed by atoms with E-state index in [1.807, 2.05) is 12.1 Å². The molecule has 4 heteroatoms. The molecular formula is C14H16BrNOS. The zero-order valence-electron chi connectivity index (χ0n) is 10.4. The molecule has 2 aromatic rings. The third-order valence-corrected chi connectivity index (χ3v) is 5.12. The van der Waals surface area contributed by atoms with Crippen molar-refractivity contribution in [2.75, 3.05) is 7.11 Å². The van der Waals surface area contributed by atoms with Gasteiger partial charge in [0.2, 0.25) is 0 Å². The monoisotopic (exact) mass is 325 g/mol. The number of methoxy groups -OCH3 is 1. The van der Waals surface area contributed by atoms with Gasteiger partial charge in [-0.1, -0.05) is 12.1 Å². The summed E-state index contributed by atoms with van der Waals surface area (Å²) >= 11 is 5.28. The maximum atomic E-state index is 6.24. The molecule has 1 unspecified atom stereocenters. The smallest absolute Gasteiger partial charge is 0.118 e. The molecule has 1 atom stereocenters. The van der Waals surface area contributed by atoms with Gasteiger partial charge in [-0.25, -0.2) is 0 Å². The van der Waals surface area contributed by atoms with Crippen molar-refractivity contribution < 1.29 is 4.74 Å². The highest BCUT2D eigenvalue weighted by Gasteiger charge is 2.11. The van der Waals surface area contributed by atoms with Crippen molar-refractivity contribution in [3.8, 4) is 5.75 Å². The average Bonchev–Trinajstić information content (AvgIpc) is 2.71. The summed E-state index contributed by atoms with van der Waals surface area (Å²) in [6.07, 6.45) is 0.844. The van der Waals surface area contributed by atoms with Gasteiger partial charge < -0.3 is 10.5 Å². The van der Waals surface area contributed by atoms with Gasteiger partial charge >= 0.3 is 0 Å². The fourth-order valence-corrected chi connectivity index (χ4v) is 3.34. The molecule has 1 aromatic heterocycles. The summed E-state index contributed by atoms with van der Waals surface area (Å²) in [7, 11) is 1.67. The molecule has 0 aliphatic carbocycles. The topological polar surface area (TPSA) is 35.2 Å². The molecule has 0 aliphatic rings. The van der Waals surface area contributed by atoms with Crippen LogP contribution >= 0.6 is 27.3 Å². The number of hydrogen-bond donors (Lipinski definition) is 1. The Kier molecular flexibility index (Phi) is 4.43. The van der Waals surface area contributed by atoms with Crippen LogP contribution in [0, 0.1) is 6.92 Å². The van der Waals surface area contributed by atoms with E-state index in [1.54, 1.807) is 18.4 Å². The van der Waals surface area contributed by atoms with Gasteiger partial charge in [-0.05, 0) is 53.0 Å². The molecule has 0 spiro atoms. The third kappa shape index (κ3) is 3.13. The molecule has 96 valence electrons. The van der Waals surface area contributed by atoms with Gasteiger partial charge in [-0.2, -0.15) is 0 Å². The van der Waals surface area contributed by atoms with Crippen LogP contribution in [-0.4, -0.2) is 7.11 Å². The van der Waals surface area contributed by atoms with E-state index >= 15 is 0 Å². The second-order valence-corrected chi connectivity index (χ2v) is 6.35. The first-order valence-electron chi connectivity index (χ1n) is 5.74. The van der Waals surface area contributed by atoms with Crippen LogP contribution in [0.2, 0.25) is 0 Å². The summed E-state index contributed by atoms with van der Waals surface area (Å²) in [4.78, 5) is 2.49. The van der Waals surface area contributed by atoms with E-state index in [0.29, 0.717) is 0 Å². The Balaban J connectivity index is 2.08. The zero-order valence-corrected chi connectivity index (χ0v) is 12.8. The maximum absolute atomic E-state index is 6.24. The zero-order chi connectivity index (χ0) is 13.1. The molecule has 0 saturated heterocycles. The van der Waals surface area contributed by atoms with Crippen LogP contribution in [0.25, 0.3) is 0 Å². The lowest BCUT2D eigenvalue weighted by molar-refractivity contribution is 0.414. The van der Waals surface area contributed by atoms with Crippen LogP contribution in [0.15, 0.2) is 34.8 Å². The lowest BCUT2D eigenvalue weighted by Gasteiger charge is -2.10. The standard InChI is InChI=1S/C14H16BrNOS/c1-9-12(15)8-14(18-9)13(16)7-10-3-5-11(17-2)6-4-10/h3-6,8,13H,7,16H2,1-2H3. The van der Waals surface area contributed by atoms with Gasteiger partial charge in [0.1, 0.15) is 5.75 Å². The quantitative estimate of drug-likeness (QED) is 0.919. The van der Waals surface area contributed by atoms with Crippen LogP contribution < -0.4 is 10.5 Å². The number of rotatable bonds is 4. The molecule has 2 nitrogen and oxygen atoms in total. The molecule has 1 heterocycles. The summed E-state index contributed by atoms with van der Waals surface area (Å²) in [6, 6.07) is 10.2. The van der Waals surface area contributed by atoms with Gasteiger partial charge in [-0.3, -0.25) is 0 Å². The van der Waals surface area contributed by atoms with Crippen molar-refractivity contribution in [1.82, 2.24) is 0 Å². The van der Waals surface area contributed by atoms with Gasteiger partial charge in [-0.15, -0.1) is 11.3 Å². The first-order valence-corrected chi connectivity index (χ1v) is 7.35. The molecule has 0 amide bonds. The van der Waals surface area contributed by atoms with Crippen LogP contribution in [0.1, 0.15) is 21.4 Å². The van der Waals surface area contributed by atoms with Gasteiger partial charge in [0.05, 0.1) is 7.11 Å². The SMILES string of the molecule is COc1ccc(CC(N)c2cc(Br)c(C)s2)cc1. The summed E-state index contributed by atoms with van der Waals surface area (Å²) in [5.41, 5.74) is 7.47. The van der Waals surface area contributed by atoms with Crippen molar-refractivity contribution in [3.63, 3.8) is 0 Å². The maximum Gasteiger partial charge on any atom is 0.118 e. The van der Waals surface area contributed by atoms with Crippen molar-refractivity contribution in [2.45, 2.75) is 19.4 Å². The summed E-state index contributed by atoms with van der Waals surface area (Å²) in [5, 5.41) is 0. The van der Waals surface area contributed by atoms with E-state index in [4.69, 9.17) is 10.5 Å². The molecule has 1 aromatic carbocycles.